The number of benzene rings is 3. The number of amides is 1. The highest BCUT2D eigenvalue weighted by molar-refractivity contribution is 5.97. The van der Waals surface area contributed by atoms with E-state index in [9.17, 15) is 9.90 Å². The lowest BCUT2D eigenvalue weighted by molar-refractivity contribution is 0.0673. The van der Waals surface area contributed by atoms with Crippen molar-refractivity contribution < 1.29 is 19.4 Å². The summed E-state index contributed by atoms with van der Waals surface area (Å²) in [7, 11) is 3.31. The molecule has 3 aromatic carbocycles. The molecule has 0 radical (unpaired) electrons. The third-order valence-corrected chi connectivity index (χ3v) is 8.63. The third-order valence-electron chi connectivity index (χ3n) is 8.63. The van der Waals surface area contributed by atoms with E-state index in [-0.39, 0.29) is 5.91 Å². The average molecular weight is 531 g/mol. The number of nitrogens with zero attached hydrogens (tertiary/aromatic N) is 2. The molecule has 2 atom stereocenters. The molecule has 1 saturated heterocycles. The zero-order valence-corrected chi connectivity index (χ0v) is 23.8. The number of β-amino-alcohol motifs (C(OH)–C–C–N with tert-alkyl or cyclic N) is 1. The molecule has 0 aliphatic carbocycles. The fraction of sp³-hybridized carbons (Fsp3) is 0.485. The van der Waals surface area contributed by atoms with Crippen LogP contribution in [0.5, 0.6) is 11.5 Å². The van der Waals surface area contributed by atoms with E-state index in [0.717, 1.165) is 73.1 Å². The van der Waals surface area contributed by atoms with E-state index in [2.05, 4.69) is 47.9 Å². The molecule has 2 aliphatic heterocycles. The number of hydrogen-bond acceptors (Lipinski definition) is 5. The Labute approximate surface area is 232 Å². The van der Waals surface area contributed by atoms with Crippen LogP contribution in [0.15, 0.2) is 42.5 Å². The summed E-state index contributed by atoms with van der Waals surface area (Å²) >= 11 is 0. The standard InChI is InChI=1S/C33H42N2O4/c1-22-16-26-13-15-35(33(37)30(26)17-23(22)2)20-24-8-5-6-14-34(19-24)21-27(36)18-25-9-7-10-29-28(25)11-12-31(38-3)32(29)39-4/h7,9-12,16-17,24,27,36H,5-6,8,13-15,18-21H2,1-4H3. The van der Waals surface area contributed by atoms with Crippen LogP contribution in [0.2, 0.25) is 0 Å². The fourth-order valence-electron chi connectivity index (χ4n) is 6.47. The van der Waals surface area contributed by atoms with Crippen LogP contribution in [-0.2, 0) is 12.8 Å². The summed E-state index contributed by atoms with van der Waals surface area (Å²) in [5.74, 6) is 2.03. The lowest BCUT2D eigenvalue weighted by Gasteiger charge is -2.34. The second-order valence-corrected chi connectivity index (χ2v) is 11.4. The molecule has 3 aromatic rings. The Bertz CT molecular complexity index is 1340. The molecule has 0 saturated carbocycles. The fourth-order valence-corrected chi connectivity index (χ4v) is 6.47. The molecule has 1 amide bonds. The largest absolute Gasteiger partial charge is 0.493 e. The van der Waals surface area contributed by atoms with E-state index in [1.54, 1.807) is 14.2 Å². The molecule has 1 N–H and O–H groups in total. The number of rotatable bonds is 8. The predicted molar refractivity (Wildman–Crippen MR) is 156 cm³/mol. The molecule has 2 unspecified atom stereocenters. The first kappa shape index (κ1) is 27.5. The van der Waals surface area contributed by atoms with Gasteiger partial charge in [0.2, 0.25) is 0 Å². The minimum Gasteiger partial charge on any atom is -0.493 e. The van der Waals surface area contributed by atoms with Crippen LogP contribution in [-0.4, -0.2) is 73.9 Å². The van der Waals surface area contributed by atoms with Gasteiger partial charge in [0.25, 0.3) is 5.91 Å². The Morgan fingerprint density at radius 1 is 1.00 bits per heavy atom. The number of likely N-dealkylation sites (tertiary alicyclic amines) is 1. The van der Waals surface area contributed by atoms with Crippen molar-refractivity contribution in [3.63, 3.8) is 0 Å². The summed E-state index contributed by atoms with van der Waals surface area (Å²) in [6, 6.07) is 14.4. The van der Waals surface area contributed by atoms with Gasteiger partial charge in [-0.2, -0.15) is 0 Å². The van der Waals surface area contributed by atoms with Gasteiger partial charge in [-0.3, -0.25) is 4.79 Å². The van der Waals surface area contributed by atoms with E-state index >= 15 is 0 Å². The van der Waals surface area contributed by atoms with Crippen molar-refractivity contribution in [3.8, 4) is 11.5 Å². The molecule has 0 aromatic heterocycles. The van der Waals surface area contributed by atoms with Crippen molar-refractivity contribution >= 4 is 16.7 Å². The normalized spacial score (nSPS) is 19.1. The van der Waals surface area contributed by atoms with Crippen molar-refractivity contribution in [1.82, 2.24) is 9.80 Å². The van der Waals surface area contributed by atoms with E-state index in [1.807, 2.05) is 18.2 Å². The second-order valence-electron chi connectivity index (χ2n) is 11.4. The molecule has 39 heavy (non-hydrogen) atoms. The number of carbonyl (C=O) groups is 1. The highest BCUT2D eigenvalue weighted by atomic mass is 16.5. The van der Waals surface area contributed by atoms with Crippen molar-refractivity contribution in [2.75, 3.05) is 46.9 Å². The number of ether oxygens (including phenoxy) is 2. The first-order valence-corrected chi connectivity index (χ1v) is 14.3. The van der Waals surface area contributed by atoms with Crippen LogP contribution in [0.4, 0.5) is 0 Å². The zero-order chi connectivity index (χ0) is 27.5. The minimum atomic E-state index is -0.475. The molecule has 6 nitrogen and oxygen atoms in total. The maximum Gasteiger partial charge on any atom is 0.254 e. The minimum absolute atomic E-state index is 0.179. The number of hydrogen-bond donors (Lipinski definition) is 1. The van der Waals surface area contributed by atoms with Gasteiger partial charge in [-0.1, -0.05) is 36.8 Å². The number of aryl methyl sites for hydroxylation is 2. The molecule has 208 valence electrons. The van der Waals surface area contributed by atoms with Crippen molar-refractivity contribution in [2.24, 2.45) is 5.92 Å². The monoisotopic (exact) mass is 530 g/mol. The molecule has 6 heteroatoms. The maximum atomic E-state index is 13.4. The summed E-state index contributed by atoms with van der Waals surface area (Å²) in [5.41, 5.74) is 5.62. The average Bonchev–Trinajstić information content (AvgIpc) is 3.15. The lowest BCUT2D eigenvalue weighted by Crippen LogP contribution is -2.44. The van der Waals surface area contributed by atoms with Gasteiger partial charge in [0, 0.05) is 43.5 Å². The van der Waals surface area contributed by atoms with E-state index in [4.69, 9.17) is 9.47 Å². The van der Waals surface area contributed by atoms with Gasteiger partial charge in [0.05, 0.1) is 20.3 Å². The Balaban J connectivity index is 1.23. The highest BCUT2D eigenvalue weighted by Gasteiger charge is 2.29. The van der Waals surface area contributed by atoms with E-state index in [0.29, 0.717) is 24.6 Å². The van der Waals surface area contributed by atoms with Crippen LogP contribution in [0, 0.1) is 19.8 Å². The molecule has 0 bridgehead atoms. The summed E-state index contributed by atoms with van der Waals surface area (Å²) in [5, 5.41) is 13.3. The SMILES string of the molecule is COc1ccc2c(CC(O)CN3CCCCC(CN4CCc5cc(C)c(C)cc5C4=O)C3)cccc2c1OC. The number of methoxy groups -OCH3 is 2. The number of fused-ring (bicyclic) bond motifs is 2. The van der Waals surface area contributed by atoms with Crippen LogP contribution < -0.4 is 9.47 Å². The lowest BCUT2D eigenvalue weighted by atomic mass is 9.93. The molecular weight excluding hydrogens is 488 g/mol. The third kappa shape index (κ3) is 5.92. The first-order chi connectivity index (χ1) is 18.9. The van der Waals surface area contributed by atoms with Gasteiger partial charge in [-0.05, 0) is 85.3 Å². The van der Waals surface area contributed by atoms with Crippen molar-refractivity contribution in [1.29, 1.82) is 0 Å². The van der Waals surface area contributed by atoms with Gasteiger partial charge in [0.15, 0.2) is 11.5 Å². The molecule has 0 spiro atoms. The first-order valence-electron chi connectivity index (χ1n) is 14.3. The highest BCUT2D eigenvalue weighted by Crippen LogP contribution is 2.37. The Hall–Kier alpha value is -3.09. The molecule has 5 rings (SSSR count). The quantitative estimate of drug-likeness (QED) is 0.435. The summed E-state index contributed by atoms with van der Waals surface area (Å²) in [4.78, 5) is 17.8. The maximum absolute atomic E-state index is 13.4. The van der Waals surface area contributed by atoms with Gasteiger partial charge in [-0.15, -0.1) is 0 Å². The van der Waals surface area contributed by atoms with Crippen LogP contribution >= 0.6 is 0 Å². The van der Waals surface area contributed by atoms with Gasteiger partial charge < -0.3 is 24.4 Å². The Kier molecular flexibility index (Phi) is 8.43. The van der Waals surface area contributed by atoms with Gasteiger partial charge in [-0.25, -0.2) is 0 Å². The van der Waals surface area contributed by atoms with Crippen LogP contribution in [0.25, 0.3) is 10.8 Å². The Morgan fingerprint density at radius 2 is 1.82 bits per heavy atom. The Morgan fingerprint density at radius 3 is 2.62 bits per heavy atom. The van der Waals surface area contributed by atoms with Crippen molar-refractivity contribution in [3.05, 3.63) is 70.3 Å². The smallest absolute Gasteiger partial charge is 0.254 e. The number of aliphatic hydroxyl groups is 1. The molecule has 1 fully saturated rings. The molecule has 2 heterocycles. The summed E-state index contributed by atoms with van der Waals surface area (Å²) in [6.45, 7) is 8.34. The van der Waals surface area contributed by atoms with E-state index in [1.165, 1.54) is 23.1 Å². The molecule has 2 aliphatic rings. The molecular formula is C33H42N2O4. The predicted octanol–water partition coefficient (Wildman–Crippen LogP) is 5.18. The summed E-state index contributed by atoms with van der Waals surface area (Å²) in [6.07, 6.45) is 4.45. The summed E-state index contributed by atoms with van der Waals surface area (Å²) < 4.78 is 11.1. The second kappa shape index (κ2) is 12.0. The van der Waals surface area contributed by atoms with Crippen LogP contribution in [0.3, 0.4) is 0 Å². The van der Waals surface area contributed by atoms with Crippen LogP contribution in [0.1, 0.15) is 51.9 Å². The van der Waals surface area contributed by atoms with Gasteiger partial charge >= 0.3 is 0 Å². The van der Waals surface area contributed by atoms with Gasteiger partial charge in [0.1, 0.15) is 0 Å². The number of carbonyl (C=O) groups excluding carboxylic acids is 1. The van der Waals surface area contributed by atoms with E-state index < -0.39 is 6.10 Å². The topological polar surface area (TPSA) is 62.2 Å². The zero-order valence-electron chi connectivity index (χ0n) is 23.8. The van der Waals surface area contributed by atoms with Crippen molar-refractivity contribution in [2.45, 2.75) is 52.1 Å². The number of aliphatic hydroxyl groups excluding tert-OH is 1.